The Labute approximate surface area is 135 Å². The van der Waals surface area contributed by atoms with Gasteiger partial charge in [-0.25, -0.2) is 0 Å². The zero-order valence-electron chi connectivity index (χ0n) is 14.4. The van der Waals surface area contributed by atoms with Crippen molar-refractivity contribution in [3.05, 3.63) is 0 Å². The van der Waals surface area contributed by atoms with Gasteiger partial charge in [-0.05, 0) is 51.4 Å². The van der Waals surface area contributed by atoms with E-state index in [2.05, 4.69) is 20.4 Å². The third kappa shape index (κ3) is 6.23. The number of carbonyl (C=O) groups excluding carboxylic acids is 1. The number of likely N-dealkylation sites (tertiary alicyclic amines) is 1. The number of amides is 1. The van der Waals surface area contributed by atoms with Crippen LogP contribution in [0, 0.1) is 11.8 Å². The number of hydrogen-bond donors (Lipinski definition) is 2. The van der Waals surface area contributed by atoms with Crippen LogP contribution < -0.4 is 10.6 Å². The monoisotopic (exact) mass is 310 g/mol. The summed E-state index contributed by atoms with van der Waals surface area (Å²) in [6.07, 6.45) is 3.74. The van der Waals surface area contributed by atoms with Gasteiger partial charge in [0.25, 0.3) is 0 Å². The first-order chi connectivity index (χ1) is 10.6. The van der Waals surface area contributed by atoms with Crippen LogP contribution in [0.5, 0.6) is 0 Å². The second-order valence-electron chi connectivity index (χ2n) is 7.13. The topological polar surface area (TPSA) is 47.6 Å². The third-order valence-electron chi connectivity index (χ3n) is 4.95. The quantitative estimate of drug-likeness (QED) is 0.729. The molecule has 2 fully saturated rings. The molecule has 22 heavy (non-hydrogen) atoms. The second-order valence-corrected chi connectivity index (χ2v) is 7.13. The molecule has 0 spiro atoms. The molecule has 2 N–H and O–H groups in total. The van der Waals surface area contributed by atoms with Gasteiger partial charge in [-0.15, -0.1) is 0 Å². The van der Waals surface area contributed by atoms with Crippen LogP contribution in [0.2, 0.25) is 0 Å². The van der Waals surface area contributed by atoms with Crippen LogP contribution >= 0.6 is 0 Å². The summed E-state index contributed by atoms with van der Waals surface area (Å²) in [5.74, 6) is 0.968. The normalized spacial score (nSPS) is 22.1. The van der Waals surface area contributed by atoms with E-state index in [1.807, 2.05) is 13.8 Å². The lowest BCUT2D eigenvalue weighted by atomic mass is 9.96. The Balaban J connectivity index is 1.52. The largest absolute Gasteiger partial charge is 0.356 e. The molecule has 5 heteroatoms. The summed E-state index contributed by atoms with van der Waals surface area (Å²) >= 11 is 0. The molecule has 0 aromatic carbocycles. The summed E-state index contributed by atoms with van der Waals surface area (Å²) in [5, 5.41) is 6.49. The predicted molar refractivity (Wildman–Crippen MR) is 90.9 cm³/mol. The van der Waals surface area contributed by atoms with Crippen LogP contribution in [0.4, 0.5) is 0 Å². The molecule has 2 heterocycles. The Bertz CT molecular complexity index is 321. The van der Waals surface area contributed by atoms with Crippen molar-refractivity contribution in [1.29, 1.82) is 0 Å². The molecule has 5 nitrogen and oxygen atoms in total. The van der Waals surface area contributed by atoms with Crippen molar-refractivity contribution in [1.82, 2.24) is 20.4 Å². The average Bonchev–Trinajstić information content (AvgIpc) is 2.54. The Kier molecular flexibility index (Phi) is 7.63. The summed E-state index contributed by atoms with van der Waals surface area (Å²) in [5.41, 5.74) is 0. The van der Waals surface area contributed by atoms with E-state index in [1.54, 1.807) is 0 Å². The maximum absolute atomic E-state index is 11.6. The second kappa shape index (κ2) is 9.48. The molecule has 0 aliphatic carbocycles. The highest BCUT2D eigenvalue weighted by Crippen LogP contribution is 2.16. The van der Waals surface area contributed by atoms with Crippen molar-refractivity contribution in [2.75, 3.05) is 58.9 Å². The summed E-state index contributed by atoms with van der Waals surface area (Å²) < 4.78 is 0. The summed E-state index contributed by atoms with van der Waals surface area (Å²) in [6.45, 7) is 14.4. The van der Waals surface area contributed by atoms with Crippen LogP contribution in [-0.2, 0) is 4.79 Å². The smallest absolute Gasteiger partial charge is 0.222 e. The number of nitrogens with zero attached hydrogens (tertiary/aromatic N) is 2. The van der Waals surface area contributed by atoms with E-state index in [0.29, 0.717) is 5.92 Å². The number of nitrogens with one attached hydrogen (secondary N) is 2. The highest BCUT2D eigenvalue weighted by Gasteiger charge is 2.20. The van der Waals surface area contributed by atoms with Gasteiger partial charge in [-0.3, -0.25) is 4.79 Å². The summed E-state index contributed by atoms with van der Waals surface area (Å²) in [4.78, 5) is 16.8. The number of piperidine rings is 1. The molecule has 0 aromatic heterocycles. The van der Waals surface area contributed by atoms with Crippen molar-refractivity contribution in [3.63, 3.8) is 0 Å². The molecule has 0 radical (unpaired) electrons. The lowest BCUT2D eigenvalue weighted by molar-refractivity contribution is -0.124. The Morgan fingerprint density at radius 1 is 1.09 bits per heavy atom. The van der Waals surface area contributed by atoms with Gasteiger partial charge < -0.3 is 20.4 Å². The zero-order valence-corrected chi connectivity index (χ0v) is 14.4. The molecule has 2 rings (SSSR count). The highest BCUT2D eigenvalue weighted by atomic mass is 16.1. The average molecular weight is 310 g/mol. The number of hydrogen-bond acceptors (Lipinski definition) is 4. The van der Waals surface area contributed by atoms with Crippen molar-refractivity contribution in [2.24, 2.45) is 11.8 Å². The van der Waals surface area contributed by atoms with E-state index >= 15 is 0 Å². The lowest BCUT2D eigenvalue weighted by Gasteiger charge is -2.33. The maximum atomic E-state index is 11.6. The fourth-order valence-electron chi connectivity index (χ4n) is 3.32. The van der Waals surface area contributed by atoms with Gasteiger partial charge in [0.1, 0.15) is 0 Å². The molecule has 0 bridgehead atoms. The zero-order chi connectivity index (χ0) is 15.8. The Morgan fingerprint density at radius 2 is 1.68 bits per heavy atom. The molecule has 0 atom stereocenters. The maximum Gasteiger partial charge on any atom is 0.222 e. The molecule has 1 amide bonds. The standard InChI is InChI=1S/C17H34N4O/c1-15(2)17(22)19-14-16-4-10-20(11-5-16)8-3-9-21-12-6-18-7-13-21/h15-16,18H,3-14H2,1-2H3,(H,19,22). The third-order valence-corrected chi connectivity index (χ3v) is 4.95. The van der Waals surface area contributed by atoms with Gasteiger partial charge >= 0.3 is 0 Å². The van der Waals surface area contributed by atoms with Crippen LogP contribution in [0.3, 0.4) is 0 Å². The van der Waals surface area contributed by atoms with Crippen LogP contribution in [0.25, 0.3) is 0 Å². The number of piperazine rings is 1. The van der Waals surface area contributed by atoms with Crippen molar-refractivity contribution < 1.29 is 4.79 Å². The van der Waals surface area contributed by atoms with Gasteiger partial charge in [0, 0.05) is 38.6 Å². The van der Waals surface area contributed by atoms with E-state index in [0.717, 1.165) is 19.6 Å². The summed E-state index contributed by atoms with van der Waals surface area (Å²) in [7, 11) is 0. The van der Waals surface area contributed by atoms with Gasteiger partial charge in [0.15, 0.2) is 0 Å². The van der Waals surface area contributed by atoms with Gasteiger partial charge in [0.2, 0.25) is 5.91 Å². The minimum atomic E-state index is 0.102. The van der Waals surface area contributed by atoms with Gasteiger partial charge in [-0.2, -0.15) is 0 Å². The first-order valence-electron chi connectivity index (χ1n) is 9.08. The van der Waals surface area contributed by atoms with Gasteiger partial charge in [-0.1, -0.05) is 13.8 Å². The minimum absolute atomic E-state index is 0.102. The number of carbonyl (C=O) groups is 1. The molecule has 0 saturated carbocycles. The molecular weight excluding hydrogens is 276 g/mol. The van der Waals surface area contributed by atoms with E-state index < -0.39 is 0 Å². The molecule has 2 aliphatic heterocycles. The van der Waals surface area contributed by atoms with E-state index in [9.17, 15) is 4.79 Å². The first-order valence-corrected chi connectivity index (χ1v) is 9.08. The number of rotatable bonds is 7. The van der Waals surface area contributed by atoms with E-state index in [4.69, 9.17) is 0 Å². The molecule has 2 saturated heterocycles. The summed E-state index contributed by atoms with van der Waals surface area (Å²) in [6, 6.07) is 0. The molecule has 0 unspecified atom stereocenters. The highest BCUT2D eigenvalue weighted by molar-refractivity contribution is 5.77. The lowest BCUT2D eigenvalue weighted by Crippen LogP contribution is -2.45. The Hall–Kier alpha value is -0.650. The fraction of sp³-hybridized carbons (Fsp3) is 0.941. The molecular formula is C17H34N4O. The minimum Gasteiger partial charge on any atom is -0.356 e. The van der Waals surface area contributed by atoms with E-state index in [-0.39, 0.29) is 11.8 Å². The molecule has 2 aliphatic rings. The van der Waals surface area contributed by atoms with Crippen LogP contribution in [0.1, 0.15) is 33.1 Å². The van der Waals surface area contributed by atoms with Crippen molar-refractivity contribution in [3.8, 4) is 0 Å². The Morgan fingerprint density at radius 3 is 2.27 bits per heavy atom. The fourth-order valence-corrected chi connectivity index (χ4v) is 3.32. The first kappa shape index (κ1) is 17.7. The van der Waals surface area contributed by atoms with Crippen LogP contribution in [0.15, 0.2) is 0 Å². The SMILES string of the molecule is CC(C)C(=O)NCC1CCN(CCCN2CCNCC2)CC1. The van der Waals surface area contributed by atoms with E-state index in [1.165, 1.54) is 58.5 Å². The molecule has 0 aromatic rings. The molecule has 128 valence electrons. The van der Waals surface area contributed by atoms with Gasteiger partial charge in [0.05, 0.1) is 0 Å². The predicted octanol–water partition coefficient (Wildman–Crippen LogP) is 0.766. The van der Waals surface area contributed by atoms with Crippen molar-refractivity contribution >= 4 is 5.91 Å². The van der Waals surface area contributed by atoms with Crippen molar-refractivity contribution in [2.45, 2.75) is 33.1 Å². The van der Waals surface area contributed by atoms with Crippen LogP contribution in [-0.4, -0.2) is 74.6 Å².